The van der Waals surface area contributed by atoms with E-state index in [0.29, 0.717) is 49.7 Å². The van der Waals surface area contributed by atoms with Gasteiger partial charge in [-0.3, -0.25) is 4.79 Å². The molecule has 182 valence electrons. The van der Waals surface area contributed by atoms with Crippen LogP contribution in [0.4, 0.5) is 15.9 Å². The van der Waals surface area contributed by atoms with Crippen molar-refractivity contribution in [2.75, 3.05) is 36.8 Å². The highest BCUT2D eigenvalue weighted by atomic mass is 19.1. The van der Waals surface area contributed by atoms with Crippen LogP contribution < -0.4 is 10.6 Å². The van der Waals surface area contributed by atoms with Crippen LogP contribution in [0.3, 0.4) is 0 Å². The van der Waals surface area contributed by atoms with E-state index in [2.05, 4.69) is 32.0 Å². The van der Waals surface area contributed by atoms with Crippen molar-refractivity contribution >= 4 is 17.4 Å². The summed E-state index contributed by atoms with van der Waals surface area (Å²) in [5.41, 5.74) is 10.5. The van der Waals surface area contributed by atoms with Crippen molar-refractivity contribution in [1.29, 1.82) is 0 Å². The van der Waals surface area contributed by atoms with Gasteiger partial charge in [-0.15, -0.1) is 0 Å². The second kappa shape index (κ2) is 10.1. The molecule has 1 aliphatic rings. The monoisotopic (exact) mass is 482 g/mol. The van der Waals surface area contributed by atoms with Crippen molar-refractivity contribution < 1.29 is 9.18 Å². The highest BCUT2D eigenvalue weighted by Gasteiger charge is 2.25. The predicted molar refractivity (Wildman–Crippen MR) is 139 cm³/mol. The van der Waals surface area contributed by atoms with Crippen molar-refractivity contribution in [1.82, 2.24) is 19.9 Å². The molecule has 0 saturated carbocycles. The van der Waals surface area contributed by atoms with Crippen molar-refractivity contribution in [2.45, 2.75) is 13.3 Å². The summed E-state index contributed by atoms with van der Waals surface area (Å²) in [5.74, 6) is -0.457. The van der Waals surface area contributed by atoms with E-state index in [1.54, 1.807) is 29.3 Å². The lowest BCUT2D eigenvalue weighted by Crippen LogP contribution is -2.49. The molecule has 8 heteroatoms. The number of halogens is 1. The maximum absolute atomic E-state index is 15.3. The largest absolute Gasteiger partial charge is 0.384 e. The van der Waals surface area contributed by atoms with Crippen LogP contribution in [-0.4, -0.2) is 51.9 Å². The number of hydrogen-bond acceptors (Lipinski definition) is 6. The zero-order valence-corrected chi connectivity index (χ0v) is 20.1. The van der Waals surface area contributed by atoms with Gasteiger partial charge in [0.05, 0.1) is 17.0 Å². The van der Waals surface area contributed by atoms with E-state index in [-0.39, 0.29) is 11.5 Å². The summed E-state index contributed by atoms with van der Waals surface area (Å²) >= 11 is 0. The molecule has 5 rings (SSSR count). The van der Waals surface area contributed by atoms with Crippen LogP contribution in [0.2, 0.25) is 0 Å². The fourth-order valence-corrected chi connectivity index (χ4v) is 4.58. The molecule has 0 atom stereocenters. The normalized spacial score (nSPS) is 13.6. The first-order valence-corrected chi connectivity index (χ1v) is 12.0. The summed E-state index contributed by atoms with van der Waals surface area (Å²) in [4.78, 5) is 30.2. The van der Waals surface area contributed by atoms with Gasteiger partial charge in [-0.2, -0.15) is 0 Å². The molecule has 36 heavy (non-hydrogen) atoms. The number of pyridine rings is 1. The molecule has 0 radical (unpaired) electrons. The molecule has 1 fully saturated rings. The number of rotatable bonds is 5. The van der Waals surface area contributed by atoms with Crippen LogP contribution in [0, 0.1) is 5.82 Å². The number of aromatic nitrogens is 3. The first kappa shape index (κ1) is 23.4. The average molecular weight is 483 g/mol. The minimum atomic E-state index is -0.568. The fourth-order valence-electron chi connectivity index (χ4n) is 4.58. The van der Waals surface area contributed by atoms with E-state index >= 15 is 4.39 Å². The molecule has 2 aromatic heterocycles. The SMILES string of the molecule is CCc1ncnc(-c2ccc(C(=O)N3CCN(c4ccccc4)CC3)c(F)c2)c1-c1ccc(N)nc1. The Kier molecular flexibility index (Phi) is 6.58. The van der Waals surface area contributed by atoms with E-state index in [0.717, 1.165) is 22.5 Å². The van der Waals surface area contributed by atoms with E-state index in [4.69, 9.17) is 5.73 Å². The number of carbonyl (C=O) groups excluding carboxylic acids is 1. The molecule has 4 aromatic rings. The molecular weight excluding hydrogens is 455 g/mol. The van der Waals surface area contributed by atoms with Crippen LogP contribution in [0.5, 0.6) is 0 Å². The smallest absolute Gasteiger partial charge is 0.256 e. The van der Waals surface area contributed by atoms with Crippen LogP contribution in [0.25, 0.3) is 22.4 Å². The molecule has 2 N–H and O–H groups in total. The number of nitrogens with two attached hydrogens (primary N) is 1. The topological polar surface area (TPSA) is 88.2 Å². The van der Waals surface area contributed by atoms with Crippen molar-refractivity contribution in [3.8, 4) is 22.4 Å². The standard InChI is InChI=1S/C28H27FN6O/c1-2-24-26(20-9-11-25(30)31-17-20)27(33-18-32-24)19-8-10-22(23(29)16-19)28(36)35-14-12-34(13-15-35)21-6-4-3-5-7-21/h3-11,16-18H,2,12-15H2,1H3,(H2,30,31). The number of carbonyl (C=O) groups is 1. The van der Waals surface area contributed by atoms with Crippen LogP contribution in [-0.2, 0) is 6.42 Å². The second-order valence-corrected chi connectivity index (χ2v) is 8.68. The van der Waals surface area contributed by atoms with Gasteiger partial charge in [0.15, 0.2) is 0 Å². The Bertz CT molecular complexity index is 1370. The molecule has 0 unspecified atom stereocenters. The zero-order valence-electron chi connectivity index (χ0n) is 20.1. The van der Waals surface area contributed by atoms with Crippen molar-refractivity contribution in [3.05, 3.63) is 90.3 Å². The third-order valence-electron chi connectivity index (χ3n) is 6.50. The van der Waals surface area contributed by atoms with Gasteiger partial charge in [0.2, 0.25) is 0 Å². The van der Waals surface area contributed by atoms with E-state index < -0.39 is 5.82 Å². The fraction of sp³-hybridized carbons (Fsp3) is 0.214. The Morgan fingerprint density at radius 2 is 1.69 bits per heavy atom. The third-order valence-corrected chi connectivity index (χ3v) is 6.50. The van der Waals surface area contributed by atoms with Gasteiger partial charge in [-0.1, -0.05) is 31.2 Å². The molecule has 0 bridgehead atoms. The number of aryl methyl sites for hydroxylation is 1. The first-order chi connectivity index (χ1) is 17.5. The highest BCUT2D eigenvalue weighted by molar-refractivity contribution is 5.95. The molecule has 0 aliphatic carbocycles. The number of amides is 1. The van der Waals surface area contributed by atoms with Crippen LogP contribution in [0.15, 0.2) is 73.2 Å². The Morgan fingerprint density at radius 1 is 0.944 bits per heavy atom. The molecule has 1 aliphatic heterocycles. The predicted octanol–water partition coefficient (Wildman–Crippen LogP) is 4.45. The summed E-state index contributed by atoms with van der Waals surface area (Å²) in [7, 11) is 0. The molecular formula is C28H27FN6O. The highest BCUT2D eigenvalue weighted by Crippen LogP contribution is 2.33. The van der Waals surface area contributed by atoms with Gasteiger partial charge >= 0.3 is 0 Å². The number of piperazine rings is 1. The van der Waals surface area contributed by atoms with Crippen molar-refractivity contribution in [2.24, 2.45) is 0 Å². The van der Waals surface area contributed by atoms with Gasteiger partial charge in [-0.25, -0.2) is 19.3 Å². The lowest BCUT2D eigenvalue weighted by Gasteiger charge is -2.36. The Labute approximate surface area is 209 Å². The molecule has 2 aromatic carbocycles. The Morgan fingerprint density at radius 3 is 2.36 bits per heavy atom. The summed E-state index contributed by atoms with van der Waals surface area (Å²) in [5, 5.41) is 0. The summed E-state index contributed by atoms with van der Waals surface area (Å²) in [6.45, 7) is 4.48. The molecule has 3 heterocycles. The van der Waals surface area contributed by atoms with E-state index in [1.807, 2.05) is 31.2 Å². The summed E-state index contributed by atoms with van der Waals surface area (Å²) < 4.78 is 15.3. The minimum absolute atomic E-state index is 0.0624. The molecule has 0 spiro atoms. The Balaban J connectivity index is 1.39. The van der Waals surface area contributed by atoms with Gasteiger partial charge in [0.25, 0.3) is 5.91 Å². The second-order valence-electron chi connectivity index (χ2n) is 8.68. The average Bonchev–Trinajstić information content (AvgIpc) is 2.93. The number of nitrogen functional groups attached to an aromatic ring is 1. The number of nitrogens with zero attached hydrogens (tertiary/aromatic N) is 5. The number of hydrogen-bond donors (Lipinski definition) is 1. The Hall–Kier alpha value is -4.33. The van der Waals surface area contributed by atoms with Crippen LogP contribution >= 0.6 is 0 Å². The van der Waals surface area contributed by atoms with Crippen LogP contribution in [0.1, 0.15) is 23.0 Å². The van der Waals surface area contributed by atoms with E-state index in [9.17, 15) is 4.79 Å². The number of anilines is 2. The molecule has 7 nitrogen and oxygen atoms in total. The zero-order chi connectivity index (χ0) is 25.1. The van der Waals surface area contributed by atoms with Gasteiger partial charge < -0.3 is 15.5 Å². The number of benzene rings is 2. The van der Waals surface area contributed by atoms with Crippen molar-refractivity contribution in [3.63, 3.8) is 0 Å². The lowest BCUT2D eigenvalue weighted by atomic mass is 9.96. The minimum Gasteiger partial charge on any atom is -0.384 e. The van der Waals surface area contributed by atoms with Gasteiger partial charge in [-0.05, 0) is 42.8 Å². The van der Waals surface area contributed by atoms with Gasteiger partial charge in [0.1, 0.15) is 18.0 Å². The molecule has 1 amide bonds. The number of para-hydroxylation sites is 1. The quantitative estimate of drug-likeness (QED) is 0.452. The molecule has 1 saturated heterocycles. The summed E-state index contributed by atoms with van der Waals surface area (Å²) in [6.07, 6.45) is 3.81. The van der Waals surface area contributed by atoms with Gasteiger partial charge in [0, 0.05) is 54.8 Å². The summed E-state index contributed by atoms with van der Waals surface area (Å²) in [6, 6.07) is 18.3. The van der Waals surface area contributed by atoms with E-state index in [1.165, 1.54) is 12.4 Å². The lowest BCUT2D eigenvalue weighted by molar-refractivity contribution is 0.0742. The third kappa shape index (κ3) is 4.62. The maximum atomic E-state index is 15.3. The first-order valence-electron chi connectivity index (χ1n) is 12.0. The maximum Gasteiger partial charge on any atom is 0.256 e.